The molecule has 0 saturated heterocycles. The number of unbranched alkanes of at least 4 members (excludes halogenated alkanes) is 3. The second kappa shape index (κ2) is 8.09. The fraction of sp³-hybridized carbons (Fsp3) is 0.571. The van der Waals surface area contributed by atoms with Crippen molar-refractivity contribution < 1.29 is 13.3 Å². The maximum absolute atomic E-state index is 12.2. The maximum Gasteiger partial charge on any atom is 0.289 e. The predicted octanol–water partition coefficient (Wildman–Crippen LogP) is 3.23. The third kappa shape index (κ3) is 5.43. The summed E-state index contributed by atoms with van der Waals surface area (Å²) in [6, 6.07) is 5.13. The highest BCUT2D eigenvalue weighted by Crippen LogP contribution is 2.23. The summed E-state index contributed by atoms with van der Waals surface area (Å²) >= 11 is 0. The number of hydrogen-bond acceptors (Lipinski definition) is 4. The minimum absolute atomic E-state index is 0.244. The van der Waals surface area contributed by atoms with Gasteiger partial charge in [0.2, 0.25) is 10.0 Å². The molecule has 0 saturated carbocycles. The molecule has 0 heterocycles. The number of nitro groups is 1. The van der Waals surface area contributed by atoms with Crippen molar-refractivity contribution in [2.75, 3.05) is 0 Å². The minimum atomic E-state index is -3.87. The SMILES string of the molecule is CCCCCCC(C)NS(=O)(=O)c1ccccc1[N+](=O)[O-]. The molecule has 0 aliphatic rings. The van der Waals surface area contributed by atoms with Gasteiger partial charge in [-0.25, -0.2) is 13.1 Å². The molecule has 6 nitrogen and oxygen atoms in total. The number of benzene rings is 1. The molecule has 1 atom stereocenters. The largest absolute Gasteiger partial charge is 0.289 e. The number of para-hydroxylation sites is 1. The van der Waals surface area contributed by atoms with Crippen LogP contribution in [0.3, 0.4) is 0 Å². The van der Waals surface area contributed by atoms with Crippen LogP contribution in [0, 0.1) is 10.1 Å². The van der Waals surface area contributed by atoms with Crippen LogP contribution in [-0.4, -0.2) is 19.4 Å². The first kappa shape index (κ1) is 17.6. The molecule has 1 aromatic carbocycles. The lowest BCUT2D eigenvalue weighted by molar-refractivity contribution is -0.387. The molecule has 1 rings (SSSR count). The highest BCUT2D eigenvalue weighted by atomic mass is 32.2. The lowest BCUT2D eigenvalue weighted by atomic mass is 10.1. The summed E-state index contributed by atoms with van der Waals surface area (Å²) in [4.78, 5) is 9.95. The first-order valence-corrected chi connectivity index (χ1v) is 8.62. The van der Waals surface area contributed by atoms with Crippen molar-refractivity contribution >= 4 is 15.7 Å². The molecular formula is C14H22N2O4S. The molecule has 0 bridgehead atoms. The fourth-order valence-electron chi connectivity index (χ4n) is 2.10. The van der Waals surface area contributed by atoms with E-state index in [2.05, 4.69) is 11.6 Å². The van der Waals surface area contributed by atoms with Crippen LogP contribution in [0.1, 0.15) is 46.0 Å². The Balaban J connectivity index is 2.76. The van der Waals surface area contributed by atoms with E-state index in [0.717, 1.165) is 32.1 Å². The van der Waals surface area contributed by atoms with E-state index in [1.54, 1.807) is 6.92 Å². The van der Waals surface area contributed by atoms with Gasteiger partial charge in [-0.05, 0) is 19.4 Å². The van der Waals surface area contributed by atoms with Crippen molar-refractivity contribution in [1.29, 1.82) is 0 Å². The molecule has 118 valence electrons. The molecule has 0 amide bonds. The Labute approximate surface area is 125 Å². The second-order valence-corrected chi connectivity index (χ2v) is 6.78. The summed E-state index contributed by atoms with van der Waals surface area (Å²) in [7, 11) is -3.87. The van der Waals surface area contributed by atoms with Gasteiger partial charge in [-0.3, -0.25) is 10.1 Å². The van der Waals surface area contributed by atoms with E-state index in [-0.39, 0.29) is 10.9 Å². The van der Waals surface area contributed by atoms with Gasteiger partial charge in [0.15, 0.2) is 4.90 Å². The number of hydrogen-bond donors (Lipinski definition) is 1. The van der Waals surface area contributed by atoms with Crippen LogP contribution in [0.4, 0.5) is 5.69 Å². The van der Waals surface area contributed by atoms with E-state index >= 15 is 0 Å². The van der Waals surface area contributed by atoms with Crippen LogP contribution in [0.2, 0.25) is 0 Å². The van der Waals surface area contributed by atoms with Crippen molar-refractivity contribution in [3.8, 4) is 0 Å². The van der Waals surface area contributed by atoms with Crippen molar-refractivity contribution in [3.63, 3.8) is 0 Å². The van der Waals surface area contributed by atoms with E-state index in [4.69, 9.17) is 0 Å². The topological polar surface area (TPSA) is 89.3 Å². The van der Waals surface area contributed by atoms with Gasteiger partial charge >= 0.3 is 0 Å². The molecule has 7 heteroatoms. The maximum atomic E-state index is 12.2. The third-order valence-electron chi connectivity index (χ3n) is 3.20. The smallest absolute Gasteiger partial charge is 0.258 e. The van der Waals surface area contributed by atoms with Gasteiger partial charge in [0.25, 0.3) is 5.69 Å². The van der Waals surface area contributed by atoms with Gasteiger partial charge in [-0.15, -0.1) is 0 Å². The molecule has 0 aliphatic heterocycles. The summed E-state index contributed by atoms with van der Waals surface area (Å²) in [5.74, 6) is 0. The first-order chi connectivity index (χ1) is 9.88. The summed E-state index contributed by atoms with van der Waals surface area (Å²) in [5.41, 5.74) is -0.400. The normalized spacial score (nSPS) is 13.0. The summed E-state index contributed by atoms with van der Waals surface area (Å²) in [6.45, 7) is 3.89. The Kier molecular flexibility index (Phi) is 6.77. The monoisotopic (exact) mass is 314 g/mol. The van der Waals surface area contributed by atoms with Gasteiger partial charge in [-0.2, -0.15) is 0 Å². The lowest BCUT2D eigenvalue weighted by Gasteiger charge is -2.14. The molecule has 0 radical (unpaired) electrons. The van der Waals surface area contributed by atoms with Gasteiger partial charge in [0.05, 0.1) is 4.92 Å². The average Bonchev–Trinajstić information content (AvgIpc) is 2.43. The second-order valence-electron chi connectivity index (χ2n) is 5.10. The Morgan fingerprint density at radius 3 is 2.52 bits per heavy atom. The zero-order valence-electron chi connectivity index (χ0n) is 12.4. The van der Waals surface area contributed by atoms with Gasteiger partial charge < -0.3 is 0 Å². The third-order valence-corrected chi connectivity index (χ3v) is 4.84. The first-order valence-electron chi connectivity index (χ1n) is 7.14. The van der Waals surface area contributed by atoms with Crippen LogP contribution >= 0.6 is 0 Å². The number of rotatable bonds is 9. The molecule has 1 unspecified atom stereocenters. The molecule has 21 heavy (non-hydrogen) atoms. The van der Waals surface area contributed by atoms with Crippen molar-refractivity contribution in [3.05, 3.63) is 34.4 Å². The van der Waals surface area contributed by atoms with E-state index in [1.807, 2.05) is 0 Å². The molecule has 1 N–H and O–H groups in total. The molecule has 0 aromatic heterocycles. The Morgan fingerprint density at radius 1 is 1.24 bits per heavy atom. The highest BCUT2D eigenvalue weighted by Gasteiger charge is 2.26. The Hall–Kier alpha value is -1.47. The summed E-state index contributed by atoms with van der Waals surface area (Å²) < 4.78 is 27.0. The molecule has 1 aromatic rings. The lowest BCUT2D eigenvalue weighted by Crippen LogP contribution is -2.32. The predicted molar refractivity (Wildman–Crippen MR) is 81.6 cm³/mol. The average molecular weight is 314 g/mol. The van der Waals surface area contributed by atoms with Crippen molar-refractivity contribution in [2.45, 2.75) is 56.9 Å². The Morgan fingerprint density at radius 2 is 1.90 bits per heavy atom. The molecule has 0 spiro atoms. The molecule has 0 fully saturated rings. The number of nitrogens with one attached hydrogen (secondary N) is 1. The fourth-order valence-corrected chi connectivity index (χ4v) is 3.55. The summed E-state index contributed by atoms with van der Waals surface area (Å²) in [6.07, 6.45) is 4.97. The molecular weight excluding hydrogens is 292 g/mol. The van der Waals surface area contributed by atoms with E-state index in [1.165, 1.54) is 24.3 Å². The van der Waals surface area contributed by atoms with Gasteiger partial charge in [0.1, 0.15) is 0 Å². The zero-order valence-corrected chi connectivity index (χ0v) is 13.2. The van der Waals surface area contributed by atoms with Crippen LogP contribution in [0.5, 0.6) is 0 Å². The van der Waals surface area contributed by atoms with Gasteiger partial charge in [-0.1, -0.05) is 44.7 Å². The van der Waals surface area contributed by atoms with Crippen LogP contribution in [0.15, 0.2) is 29.2 Å². The highest BCUT2D eigenvalue weighted by molar-refractivity contribution is 7.89. The summed E-state index contributed by atoms with van der Waals surface area (Å²) in [5, 5.41) is 10.9. The van der Waals surface area contributed by atoms with Crippen LogP contribution < -0.4 is 4.72 Å². The number of nitro benzene ring substituents is 1. The van der Waals surface area contributed by atoms with Crippen molar-refractivity contribution in [2.24, 2.45) is 0 Å². The number of sulfonamides is 1. The number of nitrogens with zero attached hydrogens (tertiary/aromatic N) is 1. The van der Waals surface area contributed by atoms with E-state index in [9.17, 15) is 18.5 Å². The zero-order chi connectivity index (χ0) is 15.9. The quantitative estimate of drug-likeness (QED) is 0.430. The minimum Gasteiger partial charge on any atom is -0.258 e. The molecule has 0 aliphatic carbocycles. The Bertz CT molecular complexity index is 572. The van der Waals surface area contributed by atoms with E-state index in [0.29, 0.717) is 0 Å². The van der Waals surface area contributed by atoms with Crippen molar-refractivity contribution in [1.82, 2.24) is 4.72 Å². The van der Waals surface area contributed by atoms with Crippen LogP contribution in [0.25, 0.3) is 0 Å². The van der Waals surface area contributed by atoms with E-state index < -0.39 is 20.6 Å². The van der Waals surface area contributed by atoms with Crippen LogP contribution in [-0.2, 0) is 10.0 Å². The standard InChI is InChI=1S/C14H22N2O4S/c1-3-4-5-6-9-12(2)15-21(19,20)14-11-8-7-10-13(14)16(17)18/h7-8,10-12,15H,3-6,9H2,1-2H3. The van der Waals surface area contributed by atoms with Gasteiger partial charge in [0, 0.05) is 12.1 Å².